The van der Waals surface area contributed by atoms with Crippen molar-refractivity contribution < 1.29 is 55.8 Å². The van der Waals surface area contributed by atoms with Crippen molar-refractivity contribution in [2.24, 2.45) is 0 Å². The maximum Gasteiger partial charge on any atom is 0.222 e. The molecule has 0 aromatic heterocycles. The number of ether oxygens (including phenoxy) is 2. The van der Waals surface area contributed by atoms with Gasteiger partial charge < -0.3 is 14.4 Å². The van der Waals surface area contributed by atoms with E-state index < -0.39 is 11.6 Å². The summed E-state index contributed by atoms with van der Waals surface area (Å²) >= 11 is 0. The van der Waals surface area contributed by atoms with E-state index in [1.54, 1.807) is 0 Å². The Morgan fingerprint density at radius 1 is 1.33 bits per heavy atom. The molecule has 0 N–H and O–H groups in total. The van der Waals surface area contributed by atoms with Crippen LogP contribution in [0, 0.1) is 17.7 Å². The number of halogens is 2. The Morgan fingerprint density at radius 3 is 2.52 bits per heavy atom. The van der Waals surface area contributed by atoms with Crippen molar-refractivity contribution in [3.05, 3.63) is 35.4 Å². The largest absolute Gasteiger partial charge is 0.467 e. The molecule has 1 radical (unpaired) electrons. The van der Waals surface area contributed by atoms with Crippen LogP contribution in [0.3, 0.4) is 0 Å². The average Bonchev–Trinajstić information content (AvgIpc) is 2.40. The van der Waals surface area contributed by atoms with E-state index in [9.17, 15) is 13.6 Å². The SMILES string of the molecule is COCOc1cc(F)c(C2=[C-]CCC(=O)N2C)c(F)c1.[Y]. The Hall–Kier alpha value is -0.846. The van der Waals surface area contributed by atoms with Gasteiger partial charge in [-0.3, -0.25) is 4.79 Å². The maximum absolute atomic E-state index is 14.1. The molecule has 1 aromatic rings. The van der Waals surface area contributed by atoms with E-state index in [4.69, 9.17) is 4.74 Å². The Balaban J connectivity index is 0.00000220. The van der Waals surface area contributed by atoms with Crippen molar-refractivity contribution in [2.45, 2.75) is 12.8 Å². The van der Waals surface area contributed by atoms with Crippen LogP contribution in [0.1, 0.15) is 18.4 Å². The first-order valence-corrected chi connectivity index (χ1v) is 6.03. The zero-order valence-electron chi connectivity index (χ0n) is 11.8. The molecule has 0 aliphatic carbocycles. The van der Waals surface area contributed by atoms with Gasteiger partial charge in [-0.2, -0.15) is 0 Å². The number of hydrogen-bond acceptors (Lipinski definition) is 3. The van der Waals surface area contributed by atoms with Gasteiger partial charge in [0.1, 0.15) is 5.75 Å². The summed E-state index contributed by atoms with van der Waals surface area (Å²) < 4.78 is 37.8. The zero-order valence-corrected chi connectivity index (χ0v) is 14.6. The number of carbonyl (C=O) groups excluding carboxylic acids is 1. The fourth-order valence-electron chi connectivity index (χ4n) is 1.94. The minimum atomic E-state index is -0.805. The van der Waals surface area contributed by atoms with Crippen LogP contribution in [0.25, 0.3) is 5.70 Å². The third-order valence-corrected chi connectivity index (χ3v) is 2.94. The molecule has 7 heteroatoms. The zero-order chi connectivity index (χ0) is 14.7. The molecule has 21 heavy (non-hydrogen) atoms. The predicted octanol–water partition coefficient (Wildman–Crippen LogP) is 2.34. The van der Waals surface area contributed by atoms with Gasteiger partial charge in [0.25, 0.3) is 0 Å². The van der Waals surface area contributed by atoms with Gasteiger partial charge in [0.2, 0.25) is 5.91 Å². The van der Waals surface area contributed by atoms with Crippen molar-refractivity contribution >= 4 is 11.6 Å². The van der Waals surface area contributed by atoms with Crippen LogP contribution in [-0.2, 0) is 42.2 Å². The van der Waals surface area contributed by atoms with Crippen LogP contribution in [-0.4, -0.2) is 31.8 Å². The minimum absolute atomic E-state index is 0. The third kappa shape index (κ3) is 4.08. The Bertz CT molecular complexity index is 540. The standard InChI is InChI=1S/C14H14F2NO3.Y/c1-17-12(4-3-5-13(17)18)14-10(15)6-9(7-11(14)16)20-8-19-2;/h6-7H,3,5,8H2,1-2H3;/q-1;. The molecule has 1 aliphatic rings. The maximum atomic E-state index is 14.1. The number of carbonyl (C=O) groups is 1. The van der Waals surface area contributed by atoms with Crippen LogP contribution in [0.15, 0.2) is 12.1 Å². The van der Waals surface area contributed by atoms with Gasteiger partial charge in [-0.1, -0.05) is 5.56 Å². The first kappa shape index (κ1) is 18.2. The fraction of sp³-hybridized carbons (Fsp3) is 0.357. The number of hydrogen-bond donors (Lipinski definition) is 0. The second-order valence-electron chi connectivity index (χ2n) is 4.29. The molecule has 0 spiro atoms. The van der Waals surface area contributed by atoms with E-state index in [1.165, 1.54) is 19.1 Å². The Labute approximate surface area is 147 Å². The van der Waals surface area contributed by atoms with Crippen LogP contribution in [0.4, 0.5) is 8.78 Å². The summed E-state index contributed by atoms with van der Waals surface area (Å²) in [6, 6.07) is 2.11. The van der Waals surface area contributed by atoms with E-state index in [0.717, 1.165) is 12.1 Å². The van der Waals surface area contributed by atoms with Gasteiger partial charge in [0.15, 0.2) is 6.79 Å². The molecule has 4 nitrogen and oxygen atoms in total. The van der Waals surface area contributed by atoms with Crippen molar-refractivity contribution in [3.8, 4) is 5.75 Å². The molecule has 2 rings (SSSR count). The second kappa shape index (κ2) is 7.96. The smallest absolute Gasteiger partial charge is 0.222 e. The van der Waals surface area contributed by atoms with E-state index in [2.05, 4.69) is 10.8 Å². The average molecular weight is 371 g/mol. The van der Waals surface area contributed by atoms with E-state index >= 15 is 0 Å². The van der Waals surface area contributed by atoms with Crippen molar-refractivity contribution in [3.63, 3.8) is 0 Å². The predicted molar refractivity (Wildman–Crippen MR) is 67.5 cm³/mol. The molecule has 1 aliphatic heterocycles. The van der Waals surface area contributed by atoms with Crippen LogP contribution in [0.5, 0.6) is 5.75 Å². The molecule has 0 unspecified atom stereocenters. The monoisotopic (exact) mass is 371 g/mol. The van der Waals surface area contributed by atoms with Crippen LogP contribution < -0.4 is 4.74 Å². The summed E-state index contributed by atoms with van der Waals surface area (Å²) in [6.45, 7) is -0.106. The van der Waals surface area contributed by atoms with Crippen LogP contribution in [0.2, 0.25) is 0 Å². The minimum Gasteiger partial charge on any atom is -0.467 e. The molecule has 0 saturated carbocycles. The summed E-state index contributed by atoms with van der Waals surface area (Å²) in [5, 5.41) is 0. The summed E-state index contributed by atoms with van der Waals surface area (Å²) in [6.07, 6.45) is 3.47. The topological polar surface area (TPSA) is 38.8 Å². The van der Waals surface area contributed by atoms with Crippen molar-refractivity contribution in [1.82, 2.24) is 4.90 Å². The molecule has 111 valence electrons. The van der Waals surface area contributed by atoms with Crippen molar-refractivity contribution in [2.75, 3.05) is 21.0 Å². The second-order valence-corrected chi connectivity index (χ2v) is 4.29. The molecule has 1 amide bonds. The van der Waals surface area contributed by atoms with Gasteiger partial charge in [-0.15, -0.1) is 12.1 Å². The van der Waals surface area contributed by atoms with E-state index in [-0.39, 0.29) is 68.8 Å². The summed E-state index contributed by atoms with van der Waals surface area (Å²) in [5.74, 6) is -1.78. The first-order valence-electron chi connectivity index (χ1n) is 6.03. The normalized spacial score (nSPS) is 14.6. The van der Waals surface area contributed by atoms with Crippen LogP contribution >= 0.6 is 0 Å². The summed E-state index contributed by atoms with van der Waals surface area (Å²) in [7, 11) is 2.88. The molecule has 0 fully saturated rings. The molecule has 0 bridgehead atoms. The van der Waals surface area contributed by atoms with E-state index in [1.807, 2.05) is 0 Å². The molecular formula is C14H14F2NO3Y-. The Kier molecular flexibility index (Phi) is 6.90. The summed E-state index contributed by atoms with van der Waals surface area (Å²) in [4.78, 5) is 12.8. The molecular weight excluding hydrogens is 357 g/mol. The van der Waals surface area contributed by atoms with Gasteiger partial charge in [-0.25, -0.2) is 14.9 Å². The van der Waals surface area contributed by atoms with Gasteiger partial charge >= 0.3 is 0 Å². The molecule has 0 saturated heterocycles. The number of amides is 1. The Morgan fingerprint density at radius 2 is 1.95 bits per heavy atom. The van der Waals surface area contributed by atoms with Gasteiger partial charge in [0.05, 0.1) is 11.6 Å². The number of allylic oxidation sites excluding steroid dienone is 1. The quantitative estimate of drug-likeness (QED) is 0.603. The fourth-order valence-corrected chi connectivity index (χ4v) is 1.94. The van der Waals surface area contributed by atoms with Gasteiger partial charge in [-0.05, 0) is 12.1 Å². The number of nitrogens with zero attached hydrogens (tertiary/aromatic N) is 1. The van der Waals surface area contributed by atoms with E-state index in [0.29, 0.717) is 6.42 Å². The summed E-state index contributed by atoms with van der Waals surface area (Å²) in [5.41, 5.74) is -0.153. The number of benzene rings is 1. The van der Waals surface area contributed by atoms with Gasteiger partial charge in [0, 0.05) is 53.3 Å². The number of methoxy groups -OCH3 is 1. The number of rotatable bonds is 4. The molecule has 1 aromatic carbocycles. The molecule has 1 heterocycles. The molecule has 0 atom stereocenters. The van der Waals surface area contributed by atoms with Crippen molar-refractivity contribution in [1.29, 1.82) is 0 Å². The third-order valence-electron chi connectivity index (χ3n) is 2.94. The first-order chi connectivity index (χ1) is 9.54.